The van der Waals surface area contributed by atoms with E-state index in [4.69, 9.17) is 13.3 Å². The zero-order valence-corrected chi connectivity index (χ0v) is 24.3. The van der Waals surface area contributed by atoms with Crippen LogP contribution in [0.2, 0.25) is 0 Å². The van der Waals surface area contributed by atoms with Gasteiger partial charge in [-0.15, -0.1) is 0 Å². The molecule has 3 nitrogen and oxygen atoms in total. The summed E-state index contributed by atoms with van der Waals surface area (Å²) in [4.78, 5) is 0. The molecule has 0 aliphatic carbocycles. The van der Waals surface area contributed by atoms with Crippen LogP contribution in [0, 0.1) is 0 Å². The highest BCUT2D eigenvalue weighted by molar-refractivity contribution is 6.66. The Labute approximate surface area is 229 Å². The molecule has 0 amide bonds. The van der Waals surface area contributed by atoms with Gasteiger partial charge in [0.25, 0.3) is 0 Å². The van der Waals surface area contributed by atoms with E-state index < -0.39 is 8.80 Å². The van der Waals surface area contributed by atoms with Crippen LogP contribution >= 0.6 is 0 Å². The molecular weight excluding hydrogens is 484 g/mol. The smallest absolute Gasteiger partial charge is 0.371 e. The second kappa shape index (κ2) is 15.2. The van der Waals surface area contributed by atoms with Crippen LogP contribution in [0.1, 0.15) is 40.2 Å². The van der Waals surface area contributed by atoms with Gasteiger partial charge in [-0.05, 0) is 73.5 Å². The van der Waals surface area contributed by atoms with Gasteiger partial charge in [0, 0.05) is 19.8 Å². The number of allylic oxidation sites excluding steroid dienone is 10. The van der Waals surface area contributed by atoms with Crippen molar-refractivity contribution in [2.24, 2.45) is 0 Å². The lowest BCUT2D eigenvalue weighted by Crippen LogP contribution is -2.44. The topological polar surface area (TPSA) is 27.7 Å². The molecular formula is C34H40O3Si. The third kappa shape index (κ3) is 8.37. The van der Waals surface area contributed by atoms with Crippen molar-refractivity contribution in [3.8, 4) is 0 Å². The first-order valence-corrected chi connectivity index (χ1v) is 15.2. The van der Waals surface area contributed by atoms with Gasteiger partial charge in [0.2, 0.25) is 0 Å². The van der Waals surface area contributed by atoms with Gasteiger partial charge in [-0.25, -0.2) is 0 Å². The summed E-state index contributed by atoms with van der Waals surface area (Å²) in [5.41, 5.74) is 5.54. The van der Waals surface area contributed by atoms with Crippen LogP contribution in [0.25, 0.3) is 27.6 Å². The van der Waals surface area contributed by atoms with Gasteiger partial charge in [0.15, 0.2) is 0 Å². The fourth-order valence-corrected chi connectivity index (χ4v) is 6.32. The lowest BCUT2D eigenvalue weighted by atomic mass is 9.96. The van der Waals surface area contributed by atoms with E-state index in [1.54, 1.807) is 0 Å². The monoisotopic (exact) mass is 524 g/mol. The molecule has 3 aromatic carbocycles. The molecule has 0 fully saturated rings. The first-order chi connectivity index (χ1) is 18.5. The van der Waals surface area contributed by atoms with E-state index in [0.29, 0.717) is 19.8 Å². The van der Waals surface area contributed by atoms with Crippen LogP contribution < -0.4 is 0 Å². The largest absolute Gasteiger partial charge is 0.529 e. The minimum atomic E-state index is -2.75. The Morgan fingerprint density at radius 3 is 1.68 bits per heavy atom. The van der Waals surface area contributed by atoms with Gasteiger partial charge in [0.1, 0.15) is 0 Å². The fourth-order valence-electron chi connectivity index (χ4n) is 4.22. The zero-order valence-electron chi connectivity index (χ0n) is 23.3. The maximum absolute atomic E-state index is 5.85. The minimum absolute atomic E-state index is 0.560. The van der Waals surface area contributed by atoms with Crippen LogP contribution in [0.4, 0.5) is 0 Å². The van der Waals surface area contributed by atoms with Gasteiger partial charge >= 0.3 is 8.80 Å². The van der Waals surface area contributed by atoms with Crippen molar-refractivity contribution in [3.05, 3.63) is 126 Å². The summed E-state index contributed by atoms with van der Waals surface area (Å²) in [5.74, 6) is 0. The minimum Gasteiger partial charge on any atom is -0.371 e. The second-order valence-corrected chi connectivity index (χ2v) is 11.3. The fraction of sp³-hybridized carbons (Fsp3) is 0.235. The Hall–Kier alpha value is -3.28. The predicted molar refractivity (Wildman–Crippen MR) is 166 cm³/mol. The SMILES string of the molecule is CCO[Si](/C=C/C=C/C(C)=C/C=C/C=C(C)/C=C/c1c2ccccc2cc2ccccc12)(OCC)OCC. The molecule has 0 aliphatic rings. The maximum atomic E-state index is 5.85. The van der Waals surface area contributed by atoms with Gasteiger partial charge in [-0.2, -0.15) is 0 Å². The molecule has 0 heterocycles. The molecule has 3 rings (SSSR count). The normalized spacial score (nSPS) is 13.9. The quantitative estimate of drug-likeness (QED) is 0.127. The van der Waals surface area contributed by atoms with E-state index >= 15 is 0 Å². The van der Waals surface area contributed by atoms with E-state index in [1.807, 2.05) is 38.6 Å². The summed E-state index contributed by atoms with van der Waals surface area (Å²) in [5, 5.41) is 5.07. The highest BCUT2D eigenvalue weighted by Gasteiger charge is 2.37. The third-order valence-corrected chi connectivity index (χ3v) is 8.64. The van der Waals surface area contributed by atoms with Crippen molar-refractivity contribution in [2.45, 2.75) is 34.6 Å². The van der Waals surface area contributed by atoms with Crippen molar-refractivity contribution >= 4 is 36.4 Å². The third-order valence-electron chi connectivity index (χ3n) is 5.96. The second-order valence-electron chi connectivity index (χ2n) is 8.89. The number of fused-ring (bicyclic) bond motifs is 2. The Balaban J connectivity index is 1.68. The van der Waals surface area contributed by atoms with Gasteiger partial charge < -0.3 is 13.3 Å². The number of hydrogen-bond donors (Lipinski definition) is 0. The highest BCUT2D eigenvalue weighted by atomic mass is 28.4. The predicted octanol–water partition coefficient (Wildman–Crippen LogP) is 9.16. The molecule has 38 heavy (non-hydrogen) atoms. The van der Waals surface area contributed by atoms with Crippen molar-refractivity contribution < 1.29 is 13.3 Å². The summed E-state index contributed by atoms with van der Waals surface area (Å²) in [6, 6.07) is 19.4. The number of hydrogen-bond acceptors (Lipinski definition) is 3. The zero-order chi connectivity index (χ0) is 27.2. The molecule has 0 spiro atoms. The summed E-state index contributed by atoms with van der Waals surface area (Å²) in [6.45, 7) is 11.8. The molecule has 3 aromatic rings. The molecule has 0 saturated carbocycles. The van der Waals surface area contributed by atoms with Crippen molar-refractivity contribution in [3.63, 3.8) is 0 Å². The van der Waals surface area contributed by atoms with Gasteiger partial charge in [-0.1, -0.05) is 114 Å². The number of benzene rings is 3. The molecule has 4 heteroatoms. The molecule has 0 atom stereocenters. The molecule has 0 radical (unpaired) electrons. The standard InChI is InChI=1S/C34H40O3Si/c1-6-35-38(36-7-2,37-8-3)26-16-15-19-28(4)17-9-10-18-29(5)24-25-34-32-22-13-11-20-30(32)27-31-21-12-14-23-33(31)34/h9-27H,6-8H2,1-5H3/b10-9+,19-15+,25-24+,26-16+,28-17+,29-18+. The van der Waals surface area contributed by atoms with E-state index in [1.165, 1.54) is 32.7 Å². The van der Waals surface area contributed by atoms with Gasteiger partial charge in [-0.3, -0.25) is 0 Å². The van der Waals surface area contributed by atoms with Gasteiger partial charge in [0.05, 0.1) is 0 Å². The summed E-state index contributed by atoms with van der Waals surface area (Å²) in [6.07, 6.45) is 18.8. The summed E-state index contributed by atoms with van der Waals surface area (Å²) in [7, 11) is -2.75. The van der Waals surface area contributed by atoms with Crippen LogP contribution in [-0.2, 0) is 13.3 Å². The van der Waals surface area contributed by atoms with Crippen LogP contribution in [-0.4, -0.2) is 28.6 Å². The van der Waals surface area contributed by atoms with Crippen LogP contribution in [0.3, 0.4) is 0 Å². The molecule has 0 N–H and O–H groups in total. The Kier molecular flexibility index (Phi) is 11.7. The molecule has 0 saturated heterocycles. The molecule has 198 valence electrons. The molecule has 0 unspecified atom stereocenters. The average molecular weight is 525 g/mol. The first kappa shape index (κ1) is 29.3. The van der Waals surface area contributed by atoms with E-state index in [0.717, 1.165) is 5.57 Å². The Morgan fingerprint density at radius 2 is 1.16 bits per heavy atom. The molecule has 0 aromatic heterocycles. The van der Waals surface area contributed by atoms with Crippen molar-refractivity contribution in [1.82, 2.24) is 0 Å². The van der Waals surface area contributed by atoms with Crippen LogP contribution in [0.15, 0.2) is 120 Å². The first-order valence-electron chi connectivity index (χ1n) is 13.4. The van der Waals surface area contributed by atoms with E-state index in [9.17, 15) is 0 Å². The van der Waals surface area contributed by atoms with E-state index in [-0.39, 0.29) is 0 Å². The Morgan fingerprint density at radius 1 is 0.658 bits per heavy atom. The maximum Gasteiger partial charge on any atom is 0.529 e. The summed E-state index contributed by atoms with van der Waals surface area (Å²) < 4.78 is 17.5. The highest BCUT2D eigenvalue weighted by Crippen LogP contribution is 2.29. The van der Waals surface area contributed by atoms with Crippen LogP contribution in [0.5, 0.6) is 0 Å². The van der Waals surface area contributed by atoms with Crippen molar-refractivity contribution in [2.75, 3.05) is 19.8 Å². The van der Waals surface area contributed by atoms with Crippen molar-refractivity contribution in [1.29, 1.82) is 0 Å². The van der Waals surface area contributed by atoms with E-state index in [2.05, 4.69) is 111 Å². The summed E-state index contributed by atoms with van der Waals surface area (Å²) >= 11 is 0. The average Bonchev–Trinajstić information content (AvgIpc) is 2.92. The molecule has 0 bridgehead atoms. The lowest BCUT2D eigenvalue weighted by molar-refractivity contribution is 0.0843. The molecule has 0 aliphatic heterocycles. The lowest BCUT2D eigenvalue weighted by Gasteiger charge is -2.25. The Bertz CT molecular complexity index is 1300. The number of rotatable bonds is 13.